The third-order valence-corrected chi connectivity index (χ3v) is 7.07. The van der Waals surface area contributed by atoms with Crippen LogP contribution in [0.15, 0.2) is 54.9 Å². The predicted molar refractivity (Wildman–Crippen MR) is 135 cm³/mol. The number of carbonyl (C=O) groups is 1. The molecule has 0 bridgehead atoms. The first-order chi connectivity index (χ1) is 15.6. The van der Waals surface area contributed by atoms with Gasteiger partial charge in [0.05, 0.1) is 22.7 Å². The third kappa shape index (κ3) is 4.90. The van der Waals surface area contributed by atoms with Crippen molar-refractivity contribution in [2.45, 2.75) is 64.0 Å². The zero-order valence-electron chi connectivity index (χ0n) is 20.0. The Morgan fingerprint density at radius 1 is 1.15 bits per heavy atom. The minimum atomic E-state index is -0.638. The Labute approximate surface area is 202 Å². The number of hydrogen-bond acceptors (Lipinski definition) is 4. The molecular formula is C27H34ClN3O2. The summed E-state index contributed by atoms with van der Waals surface area (Å²) in [5.41, 5.74) is 3.39. The highest BCUT2D eigenvalue weighted by atomic mass is 35.5. The molecule has 4 rings (SSSR count). The van der Waals surface area contributed by atoms with Gasteiger partial charge in [-0.25, -0.2) is 0 Å². The number of amides is 1. The van der Waals surface area contributed by atoms with Crippen molar-refractivity contribution in [1.29, 1.82) is 0 Å². The molecule has 2 N–H and O–H groups in total. The van der Waals surface area contributed by atoms with Gasteiger partial charge in [0.15, 0.2) is 0 Å². The first-order valence-electron chi connectivity index (χ1n) is 11.6. The van der Waals surface area contributed by atoms with Gasteiger partial charge in [0.2, 0.25) is 5.91 Å². The van der Waals surface area contributed by atoms with Crippen molar-refractivity contribution >= 4 is 28.9 Å². The van der Waals surface area contributed by atoms with E-state index in [1.54, 1.807) is 0 Å². The monoisotopic (exact) mass is 467 g/mol. The summed E-state index contributed by atoms with van der Waals surface area (Å²) in [6.07, 6.45) is 1.97. The average molecular weight is 468 g/mol. The first kappa shape index (κ1) is 23.7. The van der Waals surface area contributed by atoms with Gasteiger partial charge in [-0.05, 0) is 54.5 Å². The third-order valence-electron chi connectivity index (χ3n) is 6.66. The van der Waals surface area contributed by atoms with Crippen LogP contribution >= 0.6 is 11.6 Å². The molecule has 2 aromatic rings. The van der Waals surface area contributed by atoms with E-state index in [-0.39, 0.29) is 17.4 Å². The van der Waals surface area contributed by atoms with E-state index in [0.29, 0.717) is 30.5 Å². The Balaban J connectivity index is 1.55. The summed E-state index contributed by atoms with van der Waals surface area (Å²) in [6.45, 7) is 14.2. The standard InChI is InChI=1S/C27H34ClN3O2/c1-18-30-27(5,17-24(32)31(18)21-13-15-33-16-14-21)22-7-6-8-23(25(22)28)29-20-11-9-19(10-12-20)26(2,3)4/h6-12,21,29-30H,1,13-17H2,2-5H3/t27-/m0/s1. The van der Waals surface area contributed by atoms with Crippen LogP contribution in [-0.2, 0) is 20.5 Å². The number of carbonyl (C=O) groups excluding carboxylic acids is 1. The zero-order chi connectivity index (χ0) is 23.8. The molecule has 2 fully saturated rings. The van der Waals surface area contributed by atoms with Crippen molar-refractivity contribution < 1.29 is 9.53 Å². The molecule has 2 heterocycles. The number of nitrogens with one attached hydrogen (secondary N) is 2. The maximum Gasteiger partial charge on any atom is 0.231 e. The number of rotatable bonds is 4. The number of benzene rings is 2. The maximum absolute atomic E-state index is 13.2. The highest BCUT2D eigenvalue weighted by Gasteiger charge is 2.42. The van der Waals surface area contributed by atoms with Crippen molar-refractivity contribution in [2.75, 3.05) is 18.5 Å². The zero-order valence-corrected chi connectivity index (χ0v) is 20.8. The van der Waals surface area contributed by atoms with E-state index in [4.69, 9.17) is 16.3 Å². The van der Waals surface area contributed by atoms with Crippen LogP contribution in [-0.4, -0.2) is 30.1 Å². The minimum Gasteiger partial charge on any atom is -0.381 e. The van der Waals surface area contributed by atoms with E-state index in [1.165, 1.54) is 5.56 Å². The summed E-state index contributed by atoms with van der Waals surface area (Å²) in [5.74, 6) is 0.702. The Hall–Kier alpha value is -2.50. The van der Waals surface area contributed by atoms with E-state index in [0.717, 1.165) is 29.8 Å². The highest BCUT2D eigenvalue weighted by Crippen LogP contribution is 2.40. The minimum absolute atomic E-state index is 0.0698. The van der Waals surface area contributed by atoms with Gasteiger partial charge in [-0.2, -0.15) is 0 Å². The van der Waals surface area contributed by atoms with E-state index in [2.05, 4.69) is 62.2 Å². The molecule has 2 saturated heterocycles. The van der Waals surface area contributed by atoms with E-state index in [1.807, 2.05) is 30.0 Å². The fourth-order valence-corrected chi connectivity index (χ4v) is 5.14. The van der Waals surface area contributed by atoms with Crippen molar-refractivity contribution in [3.63, 3.8) is 0 Å². The largest absolute Gasteiger partial charge is 0.381 e. The first-order valence-corrected chi connectivity index (χ1v) is 12.0. The Bertz CT molecular complexity index is 1020. The average Bonchev–Trinajstić information content (AvgIpc) is 2.75. The number of nitrogens with zero attached hydrogens (tertiary/aromatic N) is 1. The van der Waals surface area contributed by atoms with Gasteiger partial charge in [-0.1, -0.05) is 63.2 Å². The molecule has 6 heteroatoms. The van der Waals surface area contributed by atoms with E-state index < -0.39 is 5.54 Å². The Kier molecular flexibility index (Phi) is 6.47. The molecule has 33 heavy (non-hydrogen) atoms. The fraction of sp³-hybridized carbons (Fsp3) is 0.444. The molecule has 176 valence electrons. The summed E-state index contributed by atoms with van der Waals surface area (Å²) in [4.78, 5) is 15.0. The second-order valence-electron chi connectivity index (χ2n) is 10.3. The molecule has 0 unspecified atom stereocenters. The molecule has 0 aromatic heterocycles. The van der Waals surface area contributed by atoms with Crippen LogP contribution in [0.4, 0.5) is 11.4 Å². The lowest BCUT2D eigenvalue weighted by molar-refractivity contribution is -0.137. The summed E-state index contributed by atoms with van der Waals surface area (Å²) >= 11 is 6.89. The summed E-state index contributed by atoms with van der Waals surface area (Å²) in [5, 5.41) is 7.54. The normalized spacial score (nSPS) is 22.3. The van der Waals surface area contributed by atoms with Crippen LogP contribution in [0.3, 0.4) is 0 Å². The molecule has 0 aliphatic carbocycles. The van der Waals surface area contributed by atoms with Crippen molar-refractivity contribution in [3.05, 3.63) is 71.0 Å². The lowest BCUT2D eigenvalue weighted by Gasteiger charge is -2.46. The van der Waals surface area contributed by atoms with Gasteiger partial charge in [0.1, 0.15) is 5.82 Å². The second-order valence-corrected chi connectivity index (χ2v) is 10.7. The molecule has 0 spiro atoms. The Morgan fingerprint density at radius 2 is 1.82 bits per heavy atom. The molecule has 2 aliphatic rings. The van der Waals surface area contributed by atoms with Gasteiger partial charge in [-0.15, -0.1) is 0 Å². The molecule has 5 nitrogen and oxygen atoms in total. The van der Waals surface area contributed by atoms with E-state index in [9.17, 15) is 4.79 Å². The summed E-state index contributed by atoms with van der Waals surface area (Å²) in [7, 11) is 0. The van der Waals surface area contributed by atoms with Crippen molar-refractivity contribution in [2.24, 2.45) is 0 Å². The van der Waals surface area contributed by atoms with E-state index >= 15 is 0 Å². The number of hydrogen-bond donors (Lipinski definition) is 2. The molecular weight excluding hydrogens is 434 g/mol. The lowest BCUT2D eigenvalue weighted by atomic mass is 9.85. The molecule has 1 atom stereocenters. The van der Waals surface area contributed by atoms with Crippen LogP contribution in [0.1, 0.15) is 58.1 Å². The highest BCUT2D eigenvalue weighted by molar-refractivity contribution is 6.34. The van der Waals surface area contributed by atoms with Gasteiger partial charge in [0.25, 0.3) is 0 Å². The fourth-order valence-electron chi connectivity index (χ4n) is 4.75. The van der Waals surface area contributed by atoms with Gasteiger partial charge in [0, 0.05) is 24.9 Å². The predicted octanol–water partition coefficient (Wildman–Crippen LogP) is 6.07. The van der Waals surface area contributed by atoms with Gasteiger partial charge < -0.3 is 15.4 Å². The molecule has 0 saturated carbocycles. The Morgan fingerprint density at radius 3 is 2.42 bits per heavy atom. The van der Waals surface area contributed by atoms with Crippen LogP contribution in [0, 0.1) is 0 Å². The SMILES string of the molecule is C=C1N[C@](C)(c2cccc(Nc3ccc(C(C)(C)C)cc3)c2Cl)CC(=O)N1C1CCOCC1. The van der Waals surface area contributed by atoms with Crippen LogP contribution < -0.4 is 10.6 Å². The van der Waals surface area contributed by atoms with Crippen molar-refractivity contribution in [1.82, 2.24) is 10.2 Å². The molecule has 2 aliphatic heterocycles. The number of anilines is 2. The smallest absolute Gasteiger partial charge is 0.231 e. The summed E-state index contributed by atoms with van der Waals surface area (Å²) in [6, 6.07) is 14.5. The lowest BCUT2D eigenvalue weighted by Crippen LogP contribution is -2.57. The maximum atomic E-state index is 13.2. The van der Waals surface area contributed by atoms with Crippen LogP contribution in [0.5, 0.6) is 0 Å². The van der Waals surface area contributed by atoms with Crippen molar-refractivity contribution in [3.8, 4) is 0 Å². The number of halogens is 1. The van der Waals surface area contributed by atoms with Gasteiger partial charge in [-0.3, -0.25) is 9.69 Å². The second kappa shape index (κ2) is 9.03. The molecule has 1 amide bonds. The quantitative estimate of drug-likeness (QED) is 0.573. The van der Waals surface area contributed by atoms with Crippen LogP contribution in [0.2, 0.25) is 5.02 Å². The molecule has 0 radical (unpaired) electrons. The topological polar surface area (TPSA) is 53.6 Å². The van der Waals surface area contributed by atoms with Gasteiger partial charge >= 0.3 is 0 Å². The van der Waals surface area contributed by atoms with Crippen LogP contribution in [0.25, 0.3) is 0 Å². The molecule has 2 aromatic carbocycles. The summed E-state index contributed by atoms with van der Waals surface area (Å²) < 4.78 is 5.46. The number of ether oxygens (including phenoxy) is 1.